The topological polar surface area (TPSA) is 132 Å². The molecule has 4 aromatic heterocycles. The molecule has 11 nitrogen and oxygen atoms in total. The van der Waals surface area contributed by atoms with E-state index < -0.39 is 0 Å². The fraction of sp³-hybridized carbons (Fsp3) is 0.172. The monoisotopic (exact) mass is 561 g/mol. The highest BCUT2D eigenvalue weighted by molar-refractivity contribution is 6.31. The molecule has 0 radical (unpaired) electrons. The first-order valence-corrected chi connectivity index (χ1v) is 13.6. The number of imidazole rings is 1. The Morgan fingerprint density at radius 2 is 1.98 bits per heavy atom. The van der Waals surface area contributed by atoms with E-state index in [4.69, 9.17) is 21.3 Å². The first-order chi connectivity index (χ1) is 20.1. The molecule has 0 amide bonds. The summed E-state index contributed by atoms with van der Waals surface area (Å²) in [5.74, 6) is 2.21. The lowest BCUT2D eigenvalue weighted by Crippen LogP contribution is -2.26. The first kappa shape index (κ1) is 22.8. The van der Waals surface area contributed by atoms with Crippen LogP contribution in [0.2, 0.25) is 5.02 Å². The molecular formula is C29H20ClN9O2. The third-order valence-electron chi connectivity index (χ3n) is 8.41. The van der Waals surface area contributed by atoms with E-state index >= 15 is 0 Å². The molecule has 1 saturated carbocycles. The molecule has 2 aromatic carbocycles. The number of nitrogens with one attached hydrogen (secondary N) is 2. The molecule has 3 unspecified atom stereocenters. The van der Waals surface area contributed by atoms with E-state index in [0.29, 0.717) is 23.5 Å². The summed E-state index contributed by atoms with van der Waals surface area (Å²) in [6.07, 6.45) is 6.17. The Hall–Kier alpha value is -5.03. The summed E-state index contributed by atoms with van der Waals surface area (Å²) < 4.78 is 9.45. The van der Waals surface area contributed by atoms with E-state index in [1.807, 2.05) is 41.1 Å². The van der Waals surface area contributed by atoms with Gasteiger partial charge in [-0.1, -0.05) is 17.7 Å². The van der Waals surface area contributed by atoms with E-state index in [9.17, 15) is 4.79 Å². The molecule has 41 heavy (non-hydrogen) atoms. The Labute approximate surface area is 236 Å². The molecule has 0 bridgehead atoms. The van der Waals surface area contributed by atoms with E-state index in [1.54, 1.807) is 23.0 Å². The summed E-state index contributed by atoms with van der Waals surface area (Å²) in [5, 5.41) is 19.3. The Balaban J connectivity index is 1.09. The molecule has 2 N–H and O–H groups in total. The Bertz CT molecular complexity index is 2060. The number of benzene rings is 2. The number of hydrogen-bond acceptors (Lipinski definition) is 7. The number of H-pyrrole nitrogens is 2. The maximum Gasteiger partial charge on any atom is 0.252 e. The maximum absolute atomic E-state index is 13.7. The molecule has 200 valence electrons. The molecule has 0 spiro atoms. The quantitative estimate of drug-likeness (QED) is 0.323. The maximum atomic E-state index is 13.7. The van der Waals surface area contributed by atoms with Crippen LogP contribution in [0.15, 0.2) is 72.0 Å². The van der Waals surface area contributed by atoms with Crippen LogP contribution in [0.5, 0.6) is 5.75 Å². The summed E-state index contributed by atoms with van der Waals surface area (Å²) in [5.41, 5.74) is 8.14. The van der Waals surface area contributed by atoms with Crippen LogP contribution < -0.4 is 10.3 Å². The Morgan fingerprint density at radius 3 is 2.88 bits per heavy atom. The van der Waals surface area contributed by atoms with E-state index in [2.05, 4.69) is 36.8 Å². The lowest BCUT2D eigenvalue weighted by atomic mass is 10.0. The molecule has 2 aliphatic heterocycles. The highest BCUT2D eigenvalue weighted by atomic mass is 35.5. The lowest BCUT2D eigenvalue weighted by Gasteiger charge is -2.18. The van der Waals surface area contributed by atoms with Crippen LogP contribution in [0.4, 0.5) is 0 Å². The van der Waals surface area contributed by atoms with Gasteiger partial charge in [0.15, 0.2) is 0 Å². The van der Waals surface area contributed by atoms with Crippen LogP contribution in [0.1, 0.15) is 35.5 Å². The van der Waals surface area contributed by atoms with Gasteiger partial charge >= 0.3 is 0 Å². The van der Waals surface area contributed by atoms with Crippen molar-refractivity contribution in [1.29, 1.82) is 0 Å². The standard InChI is InChI=1S/C29H20ClN9O2/c30-17-2-4-23(38-13-33-36-37-38)19(8-17)15-5-24-20-9-21(20)28(39(24)26(40)7-15)29-31-11-22(34-29)14-1-3-18-25(6-14)41-12-16-10-32-35-27(16)18/h1-8,10-11,13,20-21,28H,9,12H2,(H,31,34)(H,32,35). The number of pyridine rings is 1. The van der Waals surface area contributed by atoms with Crippen molar-refractivity contribution in [2.24, 2.45) is 5.92 Å². The van der Waals surface area contributed by atoms with Crippen LogP contribution in [-0.2, 0) is 6.61 Å². The predicted molar refractivity (Wildman–Crippen MR) is 149 cm³/mol. The molecule has 1 aliphatic carbocycles. The molecule has 3 aliphatic rings. The Kier molecular flexibility index (Phi) is 4.57. The first-order valence-electron chi connectivity index (χ1n) is 13.3. The van der Waals surface area contributed by atoms with Crippen molar-refractivity contribution >= 4 is 11.6 Å². The number of rotatable bonds is 4. The van der Waals surface area contributed by atoms with Crippen molar-refractivity contribution in [3.8, 4) is 45.1 Å². The number of tetrazole rings is 1. The van der Waals surface area contributed by atoms with Crippen molar-refractivity contribution < 1.29 is 4.74 Å². The number of hydrogen-bond donors (Lipinski definition) is 2. The summed E-state index contributed by atoms with van der Waals surface area (Å²) in [6, 6.07) is 15.2. The number of aromatic nitrogens is 9. The van der Waals surface area contributed by atoms with E-state index in [1.165, 1.54) is 6.33 Å². The van der Waals surface area contributed by atoms with Crippen molar-refractivity contribution in [2.75, 3.05) is 0 Å². The summed E-state index contributed by atoms with van der Waals surface area (Å²) in [7, 11) is 0. The van der Waals surface area contributed by atoms with Gasteiger partial charge in [-0.3, -0.25) is 9.89 Å². The number of aromatic amines is 2. The summed E-state index contributed by atoms with van der Waals surface area (Å²) >= 11 is 6.37. The molecule has 1 fully saturated rings. The van der Waals surface area contributed by atoms with Gasteiger partial charge in [0.05, 0.1) is 35.5 Å². The van der Waals surface area contributed by atoms with Gasteiger partial charge in [0.25, 0.3) is 5.56 Å². The third-order valence-corrected chi connectivity index (χ3v) is 8.64. The van der Waals surface area contributed by atoms with Gasteiger partial charge in [-0.25, -0.2) is 4.98 Å². The number of fused-ring (bicyclic) bond motifs is 6. The number of halogens is 1. The van der Waals surface area contributed by atoms with E-state index in [-0.39, 0.29) is 11.6 Å². The van der Waals surface area contributed by atoms with Crippen molar-refractivity contribution in [1.82, 2.24) is 44.9 Å². The minimum Gasteiger partial charge on any atom is -0.488 e. The fourth-order valence-electron chi connectivity index (χ4n) is 6.43. The van der Waals surface area contributed by atoms with Crippen molar-refractivity contribution in [3.63, 3.8) is 0 Å². The molecule has 0 saturated heterocycles. The van der Waals surface area contributed by atoms with Crippen LogP contribution >= 0.6 is 11.6 Å². The van der Waals surface area contributed by atoms with Gasteiger partial charge in [0.2, 0.25) is 0 Å². The minimum atomic E-state index is -0.148. The van der Waals surface area contributed by atoms with Gasteiger partial charge in [-0.05, 0) is 64.7 Å². The third kappa shape index (κ3) is 3.39. The second-order valence-corrected chi connectivity index (χ2v) is 11.1. The van der Waals surface area contributed by atoms with Crippen molar-refractivity contribution in [3.05, 3.63) is 99.7 Å². The summed E-state index contributed by atoms with van der Waals surface area (Å²) in [6.45, 7) is 0.482. The lowest BCUT2D eigenvalue weighted by molar-refractivity contribution is 0.302. The Morgan fingerprint density at radius 1 is 1.02 bits per heavy atom. The van der Waals surface area contributed by atoms with Crippen LogP contribution in [0.3, 0.4) is 0 Å². The van der Waals surface area contributed by atoms with E-state index in [0.717, 1.165) is 68.6 Å². The number of ether oxygens (including phenoxy) is 1. The van der Waals surface area contributed by atoms with Crippen LogP contribution in [-0.4, -0.2) is 44.9 Å². The zero-order valence-electron chi connectivity index (χ0n) is 21.3. The van der Waals surface area contributed by atoms with Gasteiger partial charge < -0.3 is 14.3 Å². The molecular weight excluding hydrogens is 542 g/mol. The SMILES string of the molecule is O=c1cc(-c2cc(Cl)ccc2-n2cnnn2)cc2n1C(c1ncc(-c3ccc4c(c3)OCc3cn[nH]c3-4)[nH]1)C1CC21. The average Bonchev–Trinajstić information content (AvgIpc) is 3.50. The fourth-order valence-corrected chi connectivity index (χ4v) is 6.60. The smallest absolute Gasteiger partial charge is 0.252 e. The highest BCUT2D eigenvalue weighted by Crippen LogP contribution is 2.60. The van der Waals surface area contributed by atoms with Gasteiger partial charge in [0.1, 0.15) is 24.5 Å². The normalized spacial score (nSPS) is 19.7. The zero-order valence-corrected chi connectivity index (χ0v) is 22.1. The predicted octanol–water partition coefficient (Wildman–Crippen LogP) is 4.52. The highest BCUT2D eigenvalue weighted by Gasteiger charge is 2.54. The molecule has 9 rings (SSSR count). The second-order valence-electron chi connectivity index (χ2n) is 10.7. The summed E-state index contributed by atoms with van der Waals surface area (Å²) in [4.78, 5) is 21.9. The average molecular weight is 562 g/mol. The molecule has 3 atom stereocenters. The number of nitrogens with zero attached hydrogens (tertiary/aromatic N) is 7. The van der Waals surface area contributed by atoms with Gasteiger partial charge in [-0.15, -0.1) is 5.10 Å². The zero-order chi connectivity index (χ0) is 27.2. The van der Waals surface area contributed by atoms with Gasteiger partial charge in [0, 0.05) is 45.0 Å². The van der Waals surface area contributed by atoms with Crippen LogP contribution in [0.25, 0.3) is 39.3 Å². The van der Waals surface area contributed by atoms with Crippen LogP contribution in [0, 0.1) is 5.92 Å². The second kappa shape index (κ2) is 8.24. The molecule has 6 heterocycles. The minimum absolute atomic E-state index is 0.0761. The molecule has 6 aromatic rings. The van der Waals surface area contributed by atoms with Gasteiger partial charge in [-0.2, -0.15) is 9.78 Å². The largest absolute Gasteiger partial charge is 0.488 e. The molecule has 12 heteroatoms. The van der Waals surface area contributed by atoms with Crippen molar-refractivity contribution in [2.45, 2.75) is 25.0 Å².